The number of methoxy groups -OCH3 is 2. The van der Waals surface area contributed by atoms with Crippen molar-refractivity contribution in [2.75, 3.05) is 14.2 Å². The number of esters is 2. The van der Waals surface area contributed by atoms with Crippen LogP contribution in [0.25, 0.3) is 0 Å². The van der Waals surface area contributed by atoms with Gasteiger partial charge in [0, 0.05) is 0 Å². The highest BCUT2D eigenvalue weighted by atomic mass is 32.2. The first-order valence-electron chi connectivity index (χ1n) is 6.83. The van der Waals surface area contributed by atoms with Crippen LogP contribution in [0.2, 0.25) is 0 Å². The van der Waals surface area contributed by atoms with E-state index >= 15 is 0 Å². The monoisotopic (exact) mass is 366 g/mol. The summed E-state index contributed by atoms with van der Waals surface area (Å²) in [5.74, 6) is -1.73. The zero-order valence-corrected chi connectivity index (χ0v) is 14.1. The minimum Gasteiger partial charge on any atom is -0.465 e. The van der Waals surface area contributed by atoms with Gasteiger partial charge in [-0.25, -0.2) is 9.59 Å². The Morgan fingerprint density at radius 3 is 2.16 bits per heavy atom. The van der Waals surface area contributed by atoms with Crippen LogP contribution >= 0.6 is 0 Å². The Kier molecular flexibility index (Phi) is 5.40. The third-order valence-electron chi connectivity index (χ3n) is 3.15. The Morgan fingerprint density at radius 2 is 1.56 bits per heavy atom. The summed E-state index contributed by atoms with van der Waals surface area (Å²) >= 11 is 0. The lowest BCUT2D eigenvalue weighted by Gasteiger charge is -2.13. The highest BCUT2D eigenvalue weighted by Gasteiger charge is 2.21. The molecule has 0 saturated heterocycles. The molecule has 132 valence electrons. The van der Waals surface area contributed by atoms with Gasteiger partial charge in [0.1, 0.15) is 22.0 Å². The molecule has 0 saturated carbocycles. The molecule has 0 aliphatic heterocycles. The number of ether oxygens (including phenoxy) is 3. The van der Waals surface area contributed by atoms with E-state index in [0.29, 0.717) is 0 Å². The van der Waals surface area contributed by atoms with E-state index in [1.54, 1.807) is 0 Å². The van der Waals surface area contributed by atoms with E-state index in [-0.39, 0.29) is 22.6 Å². The lowest BCUT2D eigenvalue weighted by molar-refractivity contribution is 0.0597. The number of benzene rings is 2. The molecular weight excluding hydrogens is 352 g/mol. The fourth-order valence-electron chi connectivity index (χ4n) is 2.00. The molecule has 9 heteroatoms. The standard InChI is InChI=1S/C16H14O8S/c1-22-15(17)10-7-8-12(11(9-10)16(18)23-2)24-13-5-3-4-6-14(13)25(19,20)21/h3-9H,1-2H3,(H,19,20,21). The molecule has 0 heterocycles. The average Bonchev–Trinajstić information content (AvgIpc) is 2.60. The summed E-state index contributed by atoms with van der Waals surface area (Å²) in [6, 6.07) is 9.16. The van der Waals surface area contributed by atoms with Gasteiger partial charge in [0.15, 0.2) is 0 Å². The topological polar surface area (TPSA) is 116 Å². The van der Waals surface area contributed by atoms with E-state index < -0.39 is 27.0 Å². The van der Waals surface area contributed by atoms with Gasteiger partial charge in [0.2, 0.25) is 0 Å². The maximum atomic E-state index is 11.9. The molecule has 0 bridgehead atoms. The van der Waals surface area contributed by atoms with Crippen molar-refractivity contribution in [2.24, 2.45) is 0 Å². The van der Waals surface area contributed by atoms with Gasteiger partial charge in [-0.3, -0.25) is 4.55 Å². The summed E-state index contributed by atoms with van der Waals surface area (Å²) in [5, 5.41) is 0. The van der Waals surface area contributed by atoms with E-state index in [0.717, 1.165) is 13.2 Å². The first-order chi connectivity index (χ1) is 11.8. The molecular formula is C16H14O8S. The zero-order valence-electron chi connectivity index (χ0n) is 13.3. The molecule has 8 nitrogen and oxygen atoms in total. The van der Waals surface area contributed by atoms with Gasteiger partial charge in [-0.05, 0) is 30.3 Å². The predicted molar refractivity (Wildman–Crippen MR) is 85.5 cm³/mol. The van der Waals surface area contributed by atoms with E-state index in [1.165, 1.54) is 43.5 Å². The largest absolute Gasteiger partial charge is 0.465 e. The van der Waals surface area contributed by atoms with E-state index in [4.69, 9.17) is 4.74 Å². The van der Waals surface area contributed by atoms with Crippen molar-refractivity contribution < 1.29 is 36.8 Å². The van der Waals surface area contributed by atoms with Crippen LogP contribution in [0.4, 0.5) is 0 Å². The van der Waals surface area contributed by atoms with E-state index in [2.05, 4.69) is 9.47 Å². The van der Waals surface area contributed by atoms with Crippen LogP contribution in [0, 0.1) is 0 Å². The number of rotatable bonds is 5. The van der Waals surface area contributed by atoms with Crippen molar-refractivity contribution in [3.63, 3.8) is 0 Å². The summed E-state index contributed by atoms with van der Waals surface area (Å²) in [7, 11) is -2.20. The van der Waals surface area contributed by atoms with Crippen molar-refractivity contribution in [3.05, 3.63) is 53.6 Å². The minimum absolute atomic E-state index is 0.0596. The van der Waals surface area contributed by atoms with Crippen LogP contribution in [0.15, 0.2) is 47.4 Å². The summed E-state index contributed by atoms with van der Waals surface area (Å²) in [6.07, 6.45) is 0. The fourth-order valence-corrected chi connectivity index (χ4v) is 2.61. The molecule has 25 heavy (non-hydrogen) atoms. The minimum atomic E-state index is -4.53. The molecule has 0 aliphatic rings. The van der Waals surface area contributed by atoms with Crippen molar-refractivity contribution in [2.45, 2.75) is 4.90 Å². The van der Waals surface area contributed by atoms with Crippen LogP contribution in [-0.2, 0) is 19.6 Å². The molecule has 0 spiro atoms. The van der Waals surface area contributed by atoms with Gasteiger partial charge in [0.05, 0.1) is 19.8 Å². The molecule has 0 aliphatic carbocycles. The Bertz CT molecular complexity index is 917. The SMILES string of the molecule is COC(=O)c1ccc(Oc2ccccc2S(=O)(=O)O)c(C(=O)OC)c1. The van der Waals surface area contributed by atoms with Crippen molar-refractivity contribution in [3.8, 4) is 11.5 Å². The summed E-state index contributed by atoms with van der Waals surface area (Å²) in [6.45, 7) is 0. The van der Waals surface area contributed by atoms with Crippen molar-refractivity contribution >= 4 is 22.1 Å². The molecule has 0 unspecified atom stereocenters. The maximum absolute atomic E-state index is 11.9. The number of carbonyl (C=O) groups excluding carboxylic acids is 2. The van der Waals surface area contributed by atoms with Gasteiger partial charge in [-0.2, -0.15) is 8.42 Å². The zero-order chi connectivity index (χ0) is 18.6. The first-order valence-corrected chi connectivity index (χ1v) is 8.27. The quantitative estimate of drug-likeness (QED) is 0.633. The Labute approximate surface area is 143 Å². The van der Waals surface area contributed by atoms with Crippen LogP contribution in [-0.4, -0.2) is 39.1 Å². The molecule has 2 aromatic rings. The second-order valence-corrected chi connectivity index (χ2v) is 6.11. The van der Waals surface area contributed by atoms with Crippen molar-refractivity contribution in [1.82, 2.24) is 0 Å². The van der Waals surface area contributed by atoms with E-state index in [9.17, 15) is 22.6 Å². The molecule has 0 atom stereocenters. The number of hydrogen-bond acceptors (Lipinski definition) is 7. The van der Waals surface area contributed by atoms with Crippen LogP contribution < -0.4 is 4.74 Å². The van der Waals surface area contributed by atoms with Gasteiger partial charge in [0.25, 0.3) is 10.1 Å². The number of carbonyl (C=O) groups is 2. The van der Waals surface area contributed by atoms with Crippen molar-refractivity contribution in [1.29, 1.82) is 0 Å². The summed E-state index contributed by atoms with van der Waals surface area (Å²) in [5.41, 5.74) is -0.0335. The highest BCUT2D eigenvalue weighted by molar-refractivity contribution is 7.86. The molecule has 0 radical (unpaired) electrons. The normalized spacial score (nSPS) is 10.8. The second-order valence-electron chi connectivity index (χ2n) is 4.72. The first kappa shape index (κ1) is 18.4. The fraction of sp³-hybridized carbons (Fsp3) is 0.125. The molecule has 2 rings (SSSR count). The Balaban J connectivity index is 2.54. The molecule has 0 aromatic heterocycles. The van der Waals surface area contributed by atoms with Gasteiger partial charge >= 0.3 is 11.9 Å². The van der Waals surface area contributed by atoms with Crippen LogP contribution in [0.1, 0.15) is 20.7 Å². The lowest BCUT2D eigenvalue weighted by atomic mass is 10.1. The average molecular weight is 366 g/mol. The second kappa shape index (κ2) is 7.32. The third kappa shape index (κ3) is 4.14. The number of para-hydroxylation sites is 1. The predicted octanol–water partition coefficient (Wildman–Crippen LogP) is 2.30. The summed E-state index contributed by atoms with van der Waals surface area (Å²) in [4.78, 5) is 23.1. The van der Waals surface area contributed by atoms with Crippen LogP contribution in [0.3, 0.4) is 0 Å². The third-order valence-corrected chi connectivity index (χ3v) is 4.05. The Hall–Kier alpha value is -2.91. The van der Waals surface area contributed by atoms with Gasteiger partial charge in [-0.1, -0.05) is 12.1 Å². The lowest BCUT2D eigenvalue weighted by Crippen LogP contribution is -2.09. The van der Waals surface area contributed by atoms with Crippen LogP contribution in [0.5, 0.6) is 11.5 Å². The number of hydrogen-bond donors (Lipinski definition) is 1. The van der Waals surface area contributed by atoms with E-state index in [1.807, 2.05) is 0 Å². The molecule has 1 N–H and O–H groups in total. The highest BCUT2D eigenvalue weighted by Crippen LogP contribution is 2.31. The van der Waals surface area contributed by atoms with Gasteiger partial charge < -0.3 is 14.2 Å². The van der Waals surface area contributed by atoms with Gasteiger partial charge in [-0.15, -0.1) is 0 Å². The molecule has 0 amide bonds. The molecule has 0 fully saturated rings. The molecule has 2 aromatic carbocycles. The maximum Gasteiger partial charge on any atom is 0.341 e. The Morgan fingerprint density at radius 1 is 0.920 bits per heavy atom. The summed E-state index contributed by atoms with van der Waals surface area (Å²) < 4.78 is 46.8. The smallest absolute Gasteiger partial charge is 0.341 e.